The summed E-state index contributed by atoms with van der Waals surface area (Å²) in [5.41, 5.74) is 0.851. The van der Waals surface area contributed by atoms with Crippen molar-refractivity contribution in [3.63, 3.8) is 0 Å². The minimum Gasteiger partial charge on any atom is -0.490 e. The summed E-state index contributed by atoms with van der Waals surface area (Å²) in [6.45, 7) is 7.21. The number of ether oxygens (including phenoxy) is 2. The molecule has 128 valence electrons. The molecule has 0 bridgehead atoms. The van der Waals surface area contributed by atoms with E-state index in [-0.39, 0.29) is 5.91 Å². The first-order valence-electron chi connectivity index (χ1n) is 7.81. The monoisotopic (exact) mass is 339 g/mol. The molecule has 1 aromatic carbocycles. The van der Waals surface area contributed by atoms with Crippen LogP contribution in [-0.4, -0.2) is 41.4 Å². The van der Waals surface area contributed by atoms with Crippen molar-refractivity contribution in [3.05, 3.63) is 29.8 Å². The molecule has 0 unspecified atom stereocenters. The van der Waals surface area contributed by atoms with Crippen molar-refractivity contribution >= 4 is 22.8 Å². The summed E-state index contributed by atoms with van der Waals surface area (Å²) in [5, 5.41) is 2.71. The number of carbonyl (C=O) groups excluding carboxylic acids is 1. The van der Waals surface area contributed by atoms with Crippen LogP contribution in [0.15, 0.2) is 24.3 Å². The van der Waals surface area contributed by atoms with E-state index in [4.69, 9.17) is 9.47 Å². The van der Waals surface area contributed by atoms with Gasteiger partial charge in [-0.05, 0) is 37.6 Å². The molecule has 0 aliphatic heterocycles. The summed E-state index contributed by atoms with van der Waals surface area (Å²) in [7, 11) is -0.863. The third-order valence-electron chi connectivity index (χ3n) is 2.95. The fourth-order valence-electron chi connectivity index (χ4n) is 1.83. The molecular formula is C17H25NO4S. The molecule has 1 atom stereocenters. The summed E-state index contributed by atoms with van der Waals surface area (Å²) < 4.78 is 22.3. The van der Waals surface area contributed by atoms with Crippen molar-refractivity contribution < 1.29 is 18.5 Å². The maximum Gasteiger partial charge on any atom is 0.244 e. The highest BCUT2D eigenvalue weighted by molar-refractivity contribution is 7.84. The van der Waals surface area contributed by atoms with Crippen LogP contribution >= 0.6 is 0 Å². The first-order chi connectivity index (χ1) is 11.1. The fraction of sp³-hybridized carbons (Fsp3) is 0.471. The highest BCUT2D eigenvalue weighted by Crippen LogP contribution is 2.28. The number of nitrogens with one attached hydrogen (secondary N) is 1. The average molecular weight is 339 g/mol. The summed E-state index contributed by atoms with van der Waals surface area (Å²) in [6, 6.07) is 5.53. The van der Waals surface area contributed by atoms with Crippen molar-refractivity contribution in [2.75, 3.05) is 31.3 Å². The Morgan fingerprint density at radius 3 is 2.52 bits per heavy atom. The van der Waals surface area contributed by atoms with Gasteiger partial charge in [0.25, 0.3) is 0 Å². The second-order valence-corrected chi connectivity index (χ2v) is 6.49. The number of hydrogen-bond donors (Lipinski definition) is 1. The average Bonchev–Trinajstić information content (AvgIpc) is 2.55. The molecule has 0 radical (unpaired) electrons. The Balaban J connectivity index is 2.63. The quantitative estimate of drug-likeness (QED) is 0.665. The highest BCUT2D eigenvalue weighted by Gasteiger charge is 2.05. The summed E-state index contributed by atoms with van der Waals surface area (Å²) in [5.74, 6) is 2.24. The molecule has 1 rings (SSSR count). The Hall–Kier alpha value is -1.82. The van der Waals surface area contributed by atoms with E-state index in [1.54, 1.807) is 6.08 Å². The molecule has 0 aliphatic carbocycles. The van der Waals surface area contributed by atoms with Gasteiger partial charge in [-0.15, -0.1) is 0 Å². The van der Waals surface area contributed by atoms with Gasteiger partial charge >= 0.3 is 0 Å². The Kier molecular flexibility index (Phi) is 9.05. The smallest absolute Gasteiger partial charge is 0.244 e. The van der Waals surface area contributed by atoms with Crippen LogP contribution in [0.2, 0.25) is 0 Å². The van der Waals surface area contributed by atoms with Crippen LogP contribution in [-0.2, 0) is 15.6 Å². The zero-order chi connectivity index (χ0) is 17.1. The zero-order valence-corrected chi connectivity index (χ0v) is 14.8. The summed E-state index contributed by atoms with van der Waals surface area (Å²) >= 11 is 0. The van der Waals surface area contributed by atoms with Gasteiger partial charge in [0.05, 0.1) is 13.2 Å². The molecule has 5 nitrogen and oxygen atoms in total. The normalized spacial score (nSPS) is 12.1. The van der Waals surface area contributed by atoms with Gasteiger partial charge in [0.1, 0.15) is 0 Å². The SMILES string of the molecule is CCOc1ccc(/C=C\C(=O)NCC[S@](=O)CC)cc1OCC. The Morgan fingerprint density at radius 1 is 1.17 bits per heavy atom. The predicted octanol–water partition coefficient (Wildman–Crippen LogP) is 2.38. The summed E-state index contributed by atoms with van der Waals surface area (Å²) in [6.07, 6.45) is 3.17. The molecule has 0 spiro atoms. The molecule has 6 heteroatoms. The van der Waals surface area contributed by atoms with Gasteiger partial charge in [-0.3, -0.25) is 9.00 Å². The van der Waals surface area contributed by atoms with Gasteiger partial charge in [0.15, 0.2) is 11.5 Å². The van der Waals surface area contributed by atoms with Crippen LogP contribution in [0.3, 0.4) is 0 Å². The van der Waals surface area contributed by atoms with Crippen LogP contribution in [0.25, 0.3) is 6.08 Å². The molecule has 0 fully saturated rings. The van der Waals surface area contributed by atoms with E-state index in [1.807, 2.05) is 39.0 Å². The second kappa shape index (κ2) is 10.8. The number of rotatable bonds is 10. The lowest BCUT2D eigenvalue weighted by Crippen LogP contribution is -2.26. The molecule has 1 aromatic rings. The first kappa shape index (κ1) is 19.2. The van der Waals surface area contributed by atoms with E-state index >= 15 is 0 Å². The van der Waals surface area contributed by atoms with Gasteiger partial charge in [-0.2, -0.15) is 0 Å². The molecule has 0 aliphatic rings. The minimum atomic E-state index is -0.863. The lowest BCUT2D eigenvalue weighted by molar-refractivity contribution is -0.116. The lowest BCUT2D eigenvalue weighted by atomic mass is 10.2. The van der Waals surface area contributed by atoms with Crippen molar-refractivity contribution in [2.24, 2.45) is 0 Å². The van der Waals surface area contributed by atoms with Gasteiger partial charge in [-0.1, -0.05) is 13.0 Å². The molecule has 0 saturated heterocycles. The van der Waals surface area contributed by atoms with Gasteiger partial charge < -0.3 is 14.8 Å². The van der Waals surface area contributed by atoms with Crippen molar-refractivity contribution in [1.29, 1.82) is 0 Å². The van der Waals surface area contributed by atoms with Crippen LogP contribution in [0.4, 0.5) is 0 Å². The number of hydrogen-bond acceptors (Lipinski definition) is 4. The maximum atomic E-state index is 11.7. The summed E-state index contributed by atoms with van der Waals surface area (Å²) in [4.78, 5) is 11.7. The van der Waals surface area contributed by atoms with Crippen LogP contribution in [0.1, 0.15) is 26.3 Å². The van der Waals surface area contributed by atoms with Gasteiger partial charge in [0, 0.05) is 34.9 Å². The molecule has 23 heavy (non-hydrogen) atoms. The van der Waals surface area contributed by atoms with E-state index in [0.717, 1.165) is 5.56 Å². The van der Waals surface area contributed by atoms with Gasteiger partial charge in [-0.25, -0.2) is 0 Å². The Morgan fingerprint density at radius 2 is 1.87 bits per heavy atom. The van der Waals surface area contributed by atoms with Crippen molar-refractivity contribution in [3.8, 4) is 11.5 Å². The number of carbonyl (C=O) groups is 1. The number of amides is 1. The van der Waals surface area contributed by atoms with E-state index in [2.05, 4.69) is 5.32 Å². The Bertz CT molecular complexity index is 558. The highest BCUT2D eigenvalue weighted by atomic mass is 32.2. The fourth-order valence-corrected chi connectivity index (χ4v) is 2.45. The molecule has 0 saturated carbocycles. The van der Waals surface area contributed by atoms with E-state index < -0.39 is 10.8 Å². The molecular weight excluding hydrogens is 314 g/mol. The van der Waals surface area contributed by atoms with E-state index in [9.17, 15) is 9.00 Å². The molecule has 0 heterocycles. The number of benzene rings is 1. The van der Waals surface area contributed by atoms with E-state index in [1.165, 1.54) is 6.08 Å². The van der Waals surface area contributed by atoms with Gasteiger partial charge in [0.2, 0.25) is 5.91 Å². The standard InChI is InChI=1S/C17H25NO4S/c1-4-21-15-9-7-14(13-16(15)22-5-2)8-10-17(19)18-11-12-23(20)6-3/h7-10,13H,4-6,11-12H2,1-3H3,(H,18,19)/b10-8-/t23-/m1/s1. The topological polar surface area (TPSA) is 64.6 Å². The second-order valence-electron chi connectivity index (χ2n) is 4.63. The molecule has 1 N–H and O–H groups in total. The zero-order valence-electron chi connectivity index (χ0n) is 14.0. The van der Waals surface area contributed by atoms with Crippen molar-refractivity contribution in [1.82, 2.24) is 5.32 Å². The van der Waals surface area contributed by atoms with E-state index in [0.29, 0.717) is 42.8 Å². The molecule has 0 aromatic heterocycles. The largest absolute Gasteiger partial charge is 0.490 e. The van der Waals surface area contributed by atoms with Crippen LogP contribution < -0.4 is 14.8 Å². The van der Waals surface area contributed by atoms with Crippen LogP contribution in [0.5, 0.6) is 11.5 Å². The third-order valence-corrected chi connectivity index (χ3v) is 4.25. The van der Waals surface area contributed by atoms with Crippen LogP contribution in [0, 0.1) is 0 Å². The third kappa shape index (κ3) is 7.32. The minimum absolute atomic E-state index is 0.204. The Labute approximate surface area is 140 Å². The van der Waals surface area contributed by atoms with Crippen molar-refractivity contribution in [2.45, 2.75) is 20.8 Å². The maximum absolute atomic E-state index is 11.7. The molecule has 1 amide bonds. The first-order valence-corrected chi connectivity index (χ1v) is 9.30. The lowest BCUT2D eigenvalue weighted by Gasteiger charge is -2.11. The predicted molar refractivity (Wildman–Crippen MR) is 94.4 cm³/mol.